The van der Waals surface area contributed by atoms with Crippen LogP contribution in [0.4, 0.5) is 4.79 Å². The summed E-state index contributed by atoms with van der Waals surface area (Å²) in [6.07, 6.45) is 1.25. The molecule has 134 valence electrons. The Morgan fingerprint density at radius 2 is 2.12 bits per heavy atom. The van der Waals surface area contributed by atoms with Crippen LogP contribution in [0.25, 0.3) is 10.4 Å². The highest BCUT2D eigenvalue weighted by molar-refractivity contribution is 8.76. The van der Waals surface area contributed by atoms with Gasteiger partial charge in [0.05, 0.1) is 0 Å². The molecule has 2 atom stereocenters. The SMILES string of the molecule is CSSC(CN=[N+]=[N-])CC(NC(=O)OC(C)(C)C)C(=O)OCC#N. The van der Waals surface area contributed by atoms with Gasteiger partial charge in [-0.1, -0.05) is 26.7 Å². The standard InChI is InChI=1S/C13H21N5O4S2/c1-13(2,3)22-12(20)17-10(11(19)21-6-5-14)7-9(24-23-4)8-16-18-15/h9-10H,6-8H2,1-4H3,(H,17,20). The molecular weight excluding hydrogens is 354 g/mol. The molecule has 0 spiro atoms. The van der Waals surface area contributed by atoms with E-state index in [4.69, 9.17) is 20.3 Å². The number of rotatable bonds is 9. The molecule has 0 radical (unpaired) electrons. The number of esters is 1. The summed E-state index contributed by atoms with van der Waals surface area (Å²) < 4.78 is 9.91. The molecule has 11 heteroatoms. The maximum atomic E-state index is 12.1. The number of nitriles is 1. The van der Waals surface area contributed by atoms with Gasteiger partial charge in [0.15, 0.2) is 6.61 Å². The van der Waals surface area contributed by atoms with Gasteiger partial charge in [0.25, 0.3) is 0 Å². The highest BCUT2D eigenvalue weighted by atomic mass is 33.1. The number of azide groups is 1. The molecule has 24 heavy (non-hydrogen) atoms. The van der Waals surface area contributed by atoms with E-state index in [1.807, 2.05) is 6.26 Å². The average Bonchev–Trinajstić information content (AvgIpc) is 2.47. The minimum atomic E-state index is -1.01. The molecule has 2 unspecified atom stereocenters. The molecule has 9 nitrogen and oxygen atoms in total. The zero-order chi connectivity index (χ0) is 18.6. The van der Waals surface area contributed by atoms with Crippen molar-refractivity contribution in [3.63, 3.8) is 0 Å². The van der Waals surface area contributed by atoms with Gasteiger partial charge in [0.1, 0.15) is 17.7 Å². The van der Waals surface area contributed by atoms with Gasteiger partial charge >= 0.3 is 12.1 Å². The number of amides is 1. The Bertz CT molecular complexity index is 511. The van der Waals surface area contributed by atoms with Crippen LogP contribution in [0.5, 0.6) is 0 Å². The number of carbonyl (C=O) groups is 2. The smallest absolute Gasteiger partial charge is 0.408 e. The third-order valence-corrected chi connectivity index (χ3v) is 4.53. The molecule has 0 aromatic carbocycles. The van der Waals surface area contributed by atoms with E-state index < -0.39 is 30.3 Å². The van der Waals surface area contributed by atoms with Crippen LogP contribution in [0, 0.1) is 11.3 Å². The van der Waals surface area contributed by atoms with E-state index in [0.717, 1.165) is 0 Å². The van der Waals surface area contributed by atoms with Gasteiger partial charge in [-0.25, -0.2) is 9.59 Å². The fraction of sp³-hybridized carbons (Fsp3) is 0.769. The zero-order valence-electron chi connectivity index (χ0n) is 14.0. The van der Waals surface area contributed by atoms with Crippen molar-refractivity contribution in [2.45, 2.75) is 44.1 Å². The van der Waals surface area contributed by atoms with Crippen molar-refractivity contribution >= 4 is 33.7 Å². The molecule has 1 amide bonds. The third-order valence-electron chi connectivity index (χ3n) is 2.33. The Morgan fingerprint density at radius 3 is 2.62 bits per heavy atom. The third kappa shape index (κ3) is 10.9. The summed E-state index contributed by atoms with van der Waals surface area (Å²) in [6, 6.07) is 0.687. The van der Waals surface area contributed by atoms with E-state index in [1.54, 1.807) is 26.8 Å². The minimum absolute atomic E-state index is 0.153. The summed E-state index contributed by atoms with van der Waals surface area (Å²) >= 11 is 0. The van der Waals surface area contributed by atoms with Gasteiger partial charge in [-0.3, -0.25) is 0 Å². The van der Waals surface area contributed by atoms with Crippen LogP contribution < -0.4 is 5.32 Å². The lowest BCUT2D eigenvalue weighted by atomic mass is 10.1. The van der Waals surface area contributed by atoms with Gasteiger partial charge in [0, 0.05) is 16.7 Å². The number of hydrogen-bond acceptors (Lipinski definition) is 8. The van der Waals surface area contributed by atoms with Crippen molar-refractivity contribution in [2.24, 2.45) is 5.11 Å². The van der Waals surface area contributed by atoms with E-state index in [2.05, 4.69) is 15.3 Å². The highest BCUT2D eigenvalue weighted by Crippen LogP contribution is 2.27. The van der Waals surface area contributed by atoms with Gasteiger partial charge in [-0.05, 0) is 39.0 Å². The topological polar surface area (TPSA) is 137 Å². The second-order valence-electron chi connectivity index (χ2n) is 5.50. The molecule has 0 aliphatic heterocycles. The second kappa shape index (κ2) is 11.7. The Balaban J connectivity index is 5.01. The lowest BCUT2D eigenvalue weighted by Crippen LogP contribution is -2.45. The predicted octanol–water partition coefficient (Wildman–Crippen LogP) is 3.03. The van der Waals surface area contributed by atoms with Crippen molar-refractivity contribution in [2.75, 3.05) is 19.4 Å². The molecule has 0 fully saturated rings. The quantitative estimate of drug-likeness (QED) is 0.215. The Kier molecular flexibility index (Phi) is 10.9. The molecule has 0 aliphatic carbocycles. The fourth-order valence-corrected chi connectivity index (χ4v) is 3.44. The highest BCUT2D eigenvalue weighted by Gasteiger charge is 2.28. The molecule has 0 bridgehead atoms. The summed E-state index contributed by atoms with van der Waals surface area (Å²) in [6.45, 7) is 4.83. The molecule has 0 heterocycles. The number of carbonyl (C=O) groups excluding carboxylic acids is 2. The van der Waals surface area contributed by atoms with Crippen molar-refractivity contribution in [1.29, 1.82) is 5.26 Å². The molecule has 0 aromatic heterocycles. The van der Waals surface area contributed by atoms with Gasteiger partial charge in [-0.15, -0.1) is 0 Å². The fourth-order valence-electron chi connectivity index (χ4n) is 1.54. The summed E-state index contributed by atoms with van der Waals surface area (Å²) in [5, 5.41) is 14.2. The Hall–Kier alpha value is -1.76. The number of hydrogen-bond donors (Lipinski definition) is 1. The van der Waals surface area contributed by atoms with Crippen LogP contribution in [0.15, 0.2) is 5.11 Å². The normalized spacial score (nSPS) is 13.0. The molecule has 1 N–H and O–H groups in total. The van der Waals surface area contributed by atoms with Crippen LogP contribution in [0.1, 0.15) is 27.2 Å². The molecule has 0 saturated carbocycles. The predicted molar refractivity (Wildman–Crippen MR) is 93.3 cm³/mol. The number of ether oxygens (including phenoxy) is 2. The van der Waals surface area contributed by atoms with Crippen LogP contribution in [-0.2, 0) is 14.3 Å². The van der Waals surface area contributed by atoms with E-state index in [-0.39, 0.29) is 18.2 Å². The van der Waals surface area contributed by atoms with E-state index in [1.165, 1.54) is 21.6 Å². The molecule has 0 saturated heterocycles. The van der Waals surface area contributed by atoms with Gasteiger partial charge < -0.3 is 14.8 Å². The lowest BCUT2D eigenvalue weighted by Gasteiger charge is -2.24. The maximum absolute atomic E-state index is 12.1. The van der Waals surface area contributed by atoms with Crippen LogP contribution >= 0.6 is 21.6 Å². The largest absolute Gasteiger partial charge is 0.449 e. The Labute approximate surface area is 148 Å². The van der Waals surface area contributed by atoms with Gasteiger partial charge in [0.2, 0.25) is 0 Å². The molecule has 0 rings (SSSR count). The van der Waals surface area contributed by atoms with E-state index >= 15 is 0 Å². The van der Waals surface area contributed by atoms with Crippen LogP contribution in [0.3, 0.4) is 0 Å². The van der Waals surface area contributed by atoms with Crippen LogP contribution in [0.2, 0.25) is 0 Å². The first-order chi connectivity index (χ1) is 11.2. The molecule has 0 aliphatic rings. The first kappa shape index (κ1) is 22.2. The average molecular weight is 375 g/mol. The summed E-state index contributed by atoms with van der Waals surface area (Å²) in [5.74, 6) is -0.741. The van der Waals surface area contributed by atoms with Crippen LogP contribution in [-0.4, -0.2) is 48.4 Å². The minimum Gasteiger partial charge on any atom is -0.449 e. The molecular formula is C13H21N5O4S2. The summed E-state index contributed by atoms with van der Waals surface area (Å²) in [4.78, 5) is 26.7. The number of alkyl carbamates (subject to hydrolysis) is 1. The number of nitrogens with zero attached hydrogens (tertiary/aromatic N) is 4. The van der Waals surface area contributed by atoms with Crippen molar-refractivity contribution in [3.05, 3.63) is 10.4 Å². The first-order valence-electron chi connectivity index (χ1n) is 6.97. The molecule has 0 aromatic rings. The monoisotopic (exact) mass is 375 g/mol. The second-order valence-corrected chi connectivity index (χ2v) is 8.27. The number of nitrogens with one attached hydrogen (secondary N) is 1. The lowest BCUT2D eigenvalue weighted by molar-refractivity contribution is -0.144. The first-order valence-corrected chi connectivity index (χ1v) is 9.59. The van der Waals surface area contributed by atoms with E-state index in [0.29, 0.717) is 0 Å². The summed E-state index contributed by atoms with van der Waals surface area (Å²) in [5.41, 5.74) is 7.72. The van der Waals surface area contributed by atoms with Crippen molar-refractivity contribution in [3.8, 4) is 6.07 Å². The maximum Gasteiger partial charge on any atom is 0.408 e. The Morgan fingerprint density at radius 1 is 1.46 bits per heavy atom. The summed E-state index contributed by atoms with van der Waals surface area (Å²) in [7, 11) is 2.86. The van der Waals surface area contributed by atoms with Crippen molar-refractivity contribution in [1.82, 2.24) is 5.32 Å². The van der Waals surface area contributed by atoms with E-state index in [9.17, 15) is 9.59 Å². The zero-order valence-corrected chi connectivity index (χ0v) is 15.6. The van der Waals surface area contributed by atoms with Gasteiger partial charge in [-0.2, -0.15) is 5.26 Å². The van der Waals surface area contributed by atoms with Crippen molar-refractivity contribution < 1.29 is 19.1 Å².